The van der Waals surface area contributed by atoms with E-state index in [0.717, 1.165) is 36.6 Å². The molecule has 6 nitrogen and oxygen atoms in total. The molecule has 4 N–H and O–H groups in total. The number of nitrogens with one attached hydrogen (secondary N) is 2. The van der Waals surface area contributed by atoms with Gasteiger partial charge in [0.05, 0.1) is 5.84 Å². The summed E-state index contributed by atoms with van der Waals surface area (Å²) in [6.45, 7) is 6.73. The topological polar surface area (TPSA) is 101 Å². The van der Waals surface area contributed by atoms with Gasteiger partial charge in [-0.25, -0.2) is 9.89 Å². The molecule has 0 aliphatic heterocycles. The number of H-pyrrole nitrogens is 1. The lowest BCUT2D eigenvalue weighted by atomic mass is 9.86. The van der Waals surface area contributed by atoms with Crippen molar-refractivity contribution >= 4 is 17.6 Å². The summed E-state index contributed by atoms with van der Waals surface area (Å²) >= 11 is 1.60. The molecule has 0 aromatic carbocycles. The van der Waals surface area contributed by atoms with Crippen molar-refractivity contribution in [2.24, 2.45) is 11.1 Å². The van der Waals surface area contributed by atoms with Gasteiger partial charge in [0, 0.05) is 17.7 Å². The molecule has 0 bridgehead atoms. The van der Waals surface area contributed by atoms with Crippen molar-refractivity contribution in [2.75, 3.05) is 5.75 Å². The molecule has 0 aliphatic carbocycles. The first-order chi connectivity index (χ1) is 9.38. The summed E-state index contributed by atoms with van der Waals surface area (Å²) in [5.74, 6) is 1.16. The number of hydrogen-bond acceptors (Lipinski definition) is 4. The van der Waals surface area contributed by atoms with Crippen molar-refractivity contribution < 1.29 is 0 Å². The Bertz CT molecular complexity index is 491. The van der Waals surface area contributed by atoms with Crippen molar-refractivity contribution in [1.82, 2.24) is 14.8 Å². The van der Waals surface area contributed by atoms with Gasteiger partial charge in [0.15, 0.2) is 5.16 Å². The molecule has 0 aliphatic rings. The van der Waals surface area contributed by atoms with Crippen LogP contribution in [0.5, 0.6) is 0 Å². The Hall–Kier alpha value is -1.24. The Morgan fingerprint density at radius 3 is 2.80 bits per heavy atom. The van der Waals surface area contributed by atoms with Gasteiger partial charge in [0.1, 0.15) is 0 Å². The van der Waals surface area contributed by atoms with E-state index in [1.807, 2.05) is 20.8 Å². The van der Waals surface area contributed by atoms with E-state index in [9.17, 15) is 4.79 Å². The molecule has 114 valence electrons. The molecule has 0 saturated carbocycles. The predicted octanol–water partition coefficient (Wildman–Crippen LogP) is 2.21. The largest absolute Gasteiger partial charge is 0.387 e. The lowest BCUT2D eigenvalue weighted by molar-refractivity contribution is 0.448. The van der Waals surface area contributed by atoms with E-state index in [1.165, 1.54) is 0 Å². The minimum atomic E-state index is -0.221. The van der Waals surface area contributed by atoms with E-state index in [4.69, 9.17) is 11.1 Å². The van der Waals surface area contributed by atoms with Crippen LogP contribution in [0.2, 0.25) is 0 Å². The first-order valence-electron chi connectivity index (χ1n) is 7.01. The summed E-state index contributed by atoms with van der Waals surface area (Å²) in [6, 6.07) is 0. The highest BCUT2D eigenvalue weighted by Gasteiger charge is 2.20. The lowest BCUT2D eigenvalue weighted by Crippen LogP contribution is -2.30. The van der Waals surface area contributed by atoms with Gasteiger partial charge in [0.2, 0.25) is 0 Å². The number of nitrogens with two attached hydrogens (primary N) is 1. The van der Waals surface area contributed by atoms with Crippen LogP contribution in [0.3, 0.4) is 0 Å². The molecule has 0 saturated heterocycles. The molecule has 0 unspecified atom stereocenters. The van der Waals surface area contributed by atoms with E-state index >= 15 is 0 Å². The highest BCUT2D eigenvalue weighted by molar-refractivity contribution is 7.99. The Labute approximate surface area is 124 Å². The predicted molar refractivity (Wildman–Crippen MR) is 83.4 cm³/mol. The highest BCUT2D eigenvalue weighted by atomic mass is 32.2. The normalized spacial score (nSPS) is 11.8. The summed E-state index contributed by atoms with van der Waals surface area (Å²) in [5, 5.41) is 14.8. The zero-order valence-corrected chi connectivity index (χ0v) is 13.3. The van der Waals surface area contributed by atoms with Gasteiger partial charge in [-0.2, -0.15) is 0 Å². The molecule has 1 heterocycles. The van der Waals surface area contributed by atoms with E-state index in [1.54, 1.807) is 16.3 Å². The molecule has 0 radical (unpaired) electrons. The number of thioether (sulfide) groups is 1. The molecular weight excluding hydrogens is 274 g/mol. The third-order valence-electron chi connectivity index (χ3n) is 3.33. The number of nitrogens with zero attached hydrogens (tertiary/aromatic N) is 2. The number of unbranched alkanes of at least 4 members (excludes halogenated alkanes) is 1. The molecule has 0 spiro atoms. The van der Waals surface area contributed by atoms with E-state index in [-0.39, 0.29) is 16.9 Å². The molecule has 7 heteroatoms. The van der Waals surface area contributed by atoms with Gasteiger partial charge < -0.3 is 5.73 Å². The quantitative estimate of drug-likeness (QED) is 0.281. The van der Waals surface area contributed by atoms with E-state index in [0.29, 0.717) is 6.54 Å². The molecule has 1 rings (SSSR count). The van der Waals surface area contributed by atoms with Crippen LogP contribution in [0.1, 0.15) is 46.5 Å². The van der Waals surface area contributed by atoms with Crippen LogP contribution in [0.4, 0.5) is 0 Å². The average molecular weight is 299 g/mol. The molecular formula is C13H25N5OS. The SMILES string of the molecule is CCCn1c(SCCCCC(C)(C)C(=N)N)n[nH]c1=O. The number of rotatable bonds is 9. The van der Waals surface area contributed by atoms with Gasteiger partial charge in [-0.05, 0) is 19.3 Å². The van der Waals surface area contributed by atoms with Gasteiger partial charge >= 0.3 is 5.69 Å². The van der Waals surface area contributed by atoms with Crippen LogP contribution < -0.4 is 11.4 Å². The Balaban J connectivity index is 2.35. The maximum atomic E-state index is 11.5. The third kappa shape index (κ3) is 4.70. The zero-order valence-electron chi connectivity index (χ0n) is 12.5. The van der Waals surface area contributed by atoms with Crippen LogP contribution in [0.15, 0.2) is 9.95 Å². The molecule has 20 heavy (non-hydrogen) atoms. The first-order valence-corrected chi connectivity index (χ1v) is 7.99. The van der Waals surface area contributed by atoms with Gasteiger partial charge in [-0.3, -0.25) is 9.98 Å². The summed E-state index contributed by atoms with van der Waals surface area (Å²) in [7, 11) is 0. The van der Waals surface area contributed by atoms with Crippen LogP contribution in [-0.2, 0) is 6.54 Å². The summed E-state index contributed by atoms with van der Waals surface area (Å²) in [4.78, 5) is 11.5. The Morgan fingerprint density at radius 2 is 2.20 bits per heavy atom. The van der Waals surface area contributed by atoms with Gasteiger partial charge in [0.25, 0.3) is 0 Å². The number of amidine groups is 1. The molecule has 1 aromatic rings. The fourth-order valence-electron chi connectivity index (χ4n) is 1.80. The summed E-state index contributed by atoms with van der Waals surface area (Å²) < 4.78 is 1.68. The van der Waals surface area contributed by atoms with Crippen molar-refractivity contribution in [3.8, 4) is 0 Å². The second-order valence-electron chi connectivity index (χ2n) is 5.57. The first kappa shape index (κ1) is 16.8. The molecule has 0 amide bonds. The van der Waals surface area contributed by atoms with Gasteiger partial charge in [-0.15, -0.1) is 5.10 Å². The monoisotopic (exact) mass is 299 g/mol. The van der Waals surface area contributed by atoms with Crippen LogP contribution in [0.25, 0.3) is 0 Å². The van der Waals surface area contributed by atoms with Crippen LogP contribution in [0, 0.1) is 10.8 Å². The van der Waals surface area contributed by atoms with E-state index < -0.39 is 0 Å². The minimum absolute atomic E-state index is 0.132. The highest BCUT2D eigenvalue weighted by Crippen LogP contribution is 2.24. The lowest BCUT2D eigenvalue weighted by Gasteiger charge is -2.22. The standard InChI is InChI=1S/C13H25N5OS/c1-4-8-18-11(19)16-17-12(18)20-9-6-5-7-13(2,3)10(14)15/h4-9H2,1-3H3,(H3,14,15)(H,16,19). The minimum Gasteiger partial charge on any atom is -0.387 e. The van der Waals surface area contributed by atoms with Crippen molar-refractivity contribution in [2.45, 2.75) is 58.2 Å². The third-order valence-corrected chi connectivity index (χ3v) is 4.39. The summed E-state index contributed by atoms with van der Waals surface area (Å²) in [6.07, 6.45) is 3.86. The maximum absolute atomic E-state index is 11.5. The Kier molecular flexibility index (Phi) is 6.32. The fraction of sp³-hybridized carbons (Fsp3) is 0.769. The second-order valence-corrected chi connectivity index (χ2v) is 6.63. The van der Waals surface area contributed by atoms with Crippen LogP contribution in [-0.4, -0.2) is 26.4 Å². The van der Waals surface area contributed by atoms with Crippen molar-refractivity contribution in [1.29, 1.82) is 5.41 Å². The smallest absolute Gasteiger partial charge is 0.343 e. The summed E-state index contributed by atoms with van der Waals surface area (Å²) in [5.41, 5.74) is 5.20. The second kappa shape index (κ2) is 7.52. The van der Waals surface area contributed by atoms with Crippen molar-refractivity contribution in [3.63, 3.8) is 0 Å². The molecule has 0 atom stereocenters. The number of hydrogen-bond donors (Lipinski definition) is 3. The van der Waals surface area contributed by atoms with E-state index in [2.05, 4.69) is 10.2 Å². The maximum Gasteiger partial charge on any atom is 0.343 e. The molecule has 1 aromatic heterocycles. The van der Waals surface area contributed by atoms with Crippen LogP contribution >= 0.6 is 11.8 Å². The average Bonchev–Trinajstić information content (AvgIpc) is 2.71. The van der Waals surface area contributed by atoms with Crippen molar-refractivity contribution in [3.05, 3.63) is 10.5 Å². The Morgan fingerprint density at radius 1 is 1.50 bits per heavy atom. The fourth-order valence-corrected chi connectivity index (χ4v) is 2.77. The molecule has 0 fully saturated rings. The zero-order chi connectivity index (χ0) is 15.2. The number of aromatic amines is 1. The number of aromatic nitrogens is 3. The van der Waals surface area contributed by atoms with Gasteiger partial charge in [-0.1, -0.05) is 39.0 Å².